The second kappa shape index (κ2) is 12.3. The first-order valence-corrected chi connectivity index (χ1v) is 11.0. The van der Waals surface area contributed by atoms with Gasteiger partial charge in [0.15, 0.2) is 5.11 Å². The SMILES string of the molecule is CCCN(CCC)C(=O)c1ccc(NC(=S)NC(=O)CCc2ccccc2Cl)cc1. The maximum Gasteiger partial charge on any atom is 0.253 e. The molecule has 5 nitrogen and oxygen atoms in total. The van der Waals surface area contributed by atoms with E-state index in [-0.39, 0.29) is 23.3 Å². The highest BCUT2D eigenvalue weighted by molar-refractivity contribution is 7.80. The highest BCUT2D eigenvalue weighted by atomic mass is 35.5. The van der Waals surface area contributed by atoms with Crippen LogP contribution >= 0.6 is 23.8 Å². The molecule has 0 spiro atoms. The number of thiocarbonyl (C=S) groups is 1. The molecule has 0 fully saturated rings. The lowest BCUT2D eigenvalue weighted by Crippen LogP contribution is -2.34. The second-order valence-electron chi connectivity index (χ2n) is 6.96. The average molecular weight is 446 g/mol. The highest BCUT2D eigenvalue weighted by Crippen LogP contribution is 2.16. The summed E-state index contributed by atoms with van der Waals surface area (Å²) in [6.45, 7) is 5.62. The fraction of sp³-hybridized carbons (Fsp3) is 0.348. The molecule has 0 aromatic heterocycles. The van der Waals surface area contributed by atoms with Gasteiger partial charge in [-0.05, 0) is 67.4 Å². The molecule has 2 rings (SSSR count). The van der Waals surface area contributed by atoms with Crippen LogP contribution in [0.15, 0.2) is 48.5 Å². The quantitative estimate of drug-likeness (QED) is 0.530. The number of hydrogen-bond donors (Lipinski definition) is 2. The number of halogens is 1. The molecule has 0 aliphatic rings. The molecule has 0 aliphatic carbocycles. The van der Waals surface area contributed by atoms with Gasteiger partial charge in [0.05, 0.1) is 0 Å². The van der Waals surface area contributed by atoms with E-state index in [0.29, 0.717) is 22.7 Å². The van der Waals surface area contributed by atoms with Gasteiger partial charge in [-0.15, -0.1) is 0 Å². The van der Waals surface area contributed by atoms with Crippen molar-refractivity contribution in [2.45, 2.75) is 39.5 Å². The van der Waals surface area contributed by atoms with Crippen LogP contribution in [0, 0.1) is 0 Å². The van der Waals surface area contributed by atoms with Gasteiger partial charge in [0.1, 0.15) is 0 Å². The number of nitrogens with one attached hydrogen (secondary N) is 2. The summed E-state index contributed by atoms with van der Waals surface area (Å²) in [7, 11) is 0. The van der Waals surface area contributed by atoms with Crippen molar-refractivity contribution in [2.75, 3.05) is 18.4 Å². The van der Waals surface area contributed by atoms with Crippen LogP contribution in [0.1, 0.15) is 49.0 Å². The molecule has 7 heteroatoms. The van der Waals surface area contributed by atoms with Crippen LogP contribution in [-0.4, -0.2) is 34.9 Å². The highest BCUT2D eigenvalue weighted by Gasteiger charge is 2.14. The molecule has 2 N–H and O–H groups in total. The third-order valence-electron chi connectivity index (χ3n) is 4.50. The van der Waals surface area contributed by atoms with Crippen LogP contribution in [0.25, 0.3) is 0 Å². The third kappa shape index (κ3) is 7.43. The van der Waals surface area contributed by atoms with E-state index in [4.69, 9.17) is 23.8 Å². The Bertz CT molecular complexity index is 865. The van der Waals surface area contributed by atoms with Crippen molar-refractivity contribution < 1.29 is 9.59 Å². The molecule has 2 aromatic rings. The molecular weight excluding hydrogens is 418 g/mol. The first-order valence-electron chi connectivity index (χ1n) is 10.2. The molecule has 0 unspecified atom stereocenters. The summed E-state index contributed by atoms with van der Waals surface area (Å²) in [5, 5.41) is 6.52. The van der Waals surface area contributed by atoms with Crippen molar-refractivity contribution in [3.8, 4) is 0 Å². The lowest BCUT2D eigenvalue weighted by molar-refractivity contribution is -0.119. The van der Waals surface area contributed by atoms with Crippen molar-refractivity contribution in [2.24, 2.45) is 0 Å². The van der Waals surface area contributed by atoms with Crippen molar-refractivity contribution in [3.05, 3.63) is 64.7 Å². The van der Waals surface area contributed by atoms with Crippen LogP contribution in [0.5, 0.6) is 0 Å². The number of rotatable bonds is 9. The number of amides is 2. The summed E-state index contributed by atoms with van der Waals surface area (Å²) in [5.74, 6) is -0.158. The maximum absolute atomic E-state index is 12.6. The lowest BCUT2D eigenvalue weighted by Gasteiger charge is -2.21. The smallest absolute Gasteiger partial charge is 0.253 e. The molecule has 0 atom stereocenters. The number of anilines is 1. The number of benzene rings is 2. The van der Waals surface area contributed by atoms with Gasteiger partial charge in [0.2, 0.25) is 5.91 Å². The van der Waals surface area contributed by atoms with E-state index in [0.717, 1.165) is 31.5 Å². The first-order chi connectivity index (χ1) is 14.4. The molecule has 0 saturated heterocycles. The molecule has 0 bridgehead atoms. The topological polar surface area (TPSA) is 61.4 Å². The van der Waals surface area contributed by atoms with Gasteiger partial charge in [-0.25, -0.2) is 0 Å². The number of carbonyl (C=O) groups is 2. The summed E-state index contributed by atoms with van der Waals surface area (Å²) in [5.41, 5.74) is 2.27. The van der Waals surface area contributed by atoms with Crippen LogP contribution in [0.3, 0.4) is 0 Å². The normalized spacial score (nSPS) is 10.4. The number of hydrogen-bond acceptors (Lipinski definition) is 3. The predicted octanol–water partition coefficient (Wildman–Crippen LogP) is 5.05. The molecule has 0 saturated carbocycles. The monoisotopic (exact) mass is 445 g/mol. The zero-order valence-corrected chi connectivity index (χ0v) is 19.0. The van der Waals surface area contributed by atoms with Crippen molar-refractivity contribution in [3.63, 3.8) is 0 Å². The van der Waals surface area contributed by atoms with Gasteiger partial charge in [0.25, 0.3) is 5.91 Å². The minimum atomic E-state index is -0.186. The van der Waals surface area contributed by atoms with Gasteiger partial charge in [-0.1, -0.05) is 43.6 Å². The Morgan fingerprint density at radius 2 is 1.63 bits per heavy atom. The van der Waals surface area contributed by atoms with Crippen molar-refractivity contribution >= 4 is 46.4 Å². The summed E-state index contributed by atoms with van der Waals surface area (Å²) in [6.07, 6.45) is 2.67. The first kappa shape index (κ1) is 23.8. The van der Waals surface area contributed by atoms with E-state index in [1.54, 1.807) is 30.3 Å². The summed E-state index contributed by atoms with van der Waals surface area (Å²) in [6, 6.07) is 14.6. The Morgan fingerprint density at radius 3 is 2.23 bits per heavy atom. The van der Waals surface area contributed by atoms with Crippen LogP contribution in [-0.2, 0) is 11.2 Å². The van der Waals surface area contributed by atoms with E-state index in [2.05, 4.69) is 24.5 Å². The zero-order valence-electron chi connectivity index (χ0n) is 17.4. The minimum Gasteiger partial charge on any atom is -0.339 e. The molecule has 30 heavy (non-hydrogen) atoms. The van der Waals surface area contributed by atoms with Crippen molar-refractivity contribution in [1.82, 2.24) is 10.2 Å². The van der Waals surface area contributed by atoms with Gasteiger partial charge < -0.3 is 15.5 Å². The van der Waals surface area contributed by atoms with Crippen LogP contribution < -0.4 is 10.6 Å². The van der Waals surface area contributed by atoms with Gasteiger partial charge >= 0.3 is 0 Å². The standard InChI is InChI=1S/C23H28ClN3O2S/c1-3-15-27(16-4-2)22(29)18-9-12-19(13-10-18)25-23(30)26-21(28)14-11-17-7-5-6-8-20(17)24/h5-10,12-13H,3-4,11,14-16H2,1-2H3,(H2,25,26,28,30). The minimum absolute atomic E-state index is 0.0284. The molecule has 0 aliphatic heterocycles. The zero-order chi connectivity index (χ0) is 21.9. The Morgan fingerprint density at radius 1 is 1.00 bits per heavy atom. The predicted molar refractivity (Wildman–Crippen MR) is 127 cm³/mol. The summed E-state index contributed by atoms with van der Waals surface area (Å²) in [4.78, 5) is 26.6. The molecule has 0 radical (unpaired) electrons. The van der Waals surface area contributed by atoms with Crippen LogP contribution in [0.2, 0.25) is 5.02 Å². The lowest BCUT2D eigenvalue weighted by atomic mass is 10.1. The Kier molecular flexibility index (Phi) is 9.77. The van der Waals surface area contributed by atoms with Gasteiger partial charge in [-0.2, -0.15) is 0 Å². The third-order valence-corrected chi connectivity index (χ3v) is 5.07. The van der Waals surface area contributed by atoms with E-state index < -0.39 is 0 Å². The molecule has 160 valence electrons. The number of nitrogens with zero attached hydrogens (tertiary/aromatic N) is 1. The summed E-state index contributed by atoms with van der Waals surface area (Å²) < 4.78 is 0. The Balaban J connectivity index is 1.85. The fourth-order valence-electron chi connectivity index (χ4n) is 3.03. The fourth-order valence-corrected chi connectivity index (χ4v) is 3.50. The summed E-state index contributed by atoms with van der Waals surface area (Å²) >= 11 is 11.3. The van der Waals surface area contributed by atoms with E-state index in [1.807, 2.05) is 23.1 Å². The average Bonchev–Trinajstić information content (AvgIpc) is 2.73. The Hall–Kier alpha value is -2.44. The van der Waals surface area contributed by atoms with E-state index >= 15 is 0 Å². The second-order valence-corrected chi connectivity index (χ2v) is 7.78. The molecule has 0 heterocycles. The van der Waals surface area contributed by atoms with E-state index in [1.165, 1.54) is 0 Å². The molecule has 2 aromatic carbocycles. The number of carbonyl (C=O) groups excluding carboxylic acids is 2. The van der Waals surface area contributed by atoms with Crippen LogP contribution in [0.4, 0.5) is 5.69 Å². The number of aryl methyl sites for hydroxylation is 1. The van der Waals surface area contributed by atoms with Crippen molar-refractivity contribution in [1.29, 1.82) is 0 Å². The van der Waals surface area contributed by atoms with E-state index in [9.17, 15) is 9.59 Å². The Labute approximate surface area is 188 Å². The maximum atomic E-state index is 12.6. The largest absolute Gasteiger partial charge is 0.339 e. The molecular formula is C23H28ClN3O2S. The van der Waals surface area contributed by atoms with Gasteiger partial charge in [-0.3, -0.25) is 9.59 Å². The molecule has 2 amide bonds. The van der Waals surface area contributed by atoms with Gasteiger partial charge in [0, 0.05) is 35.8 Å².